The van der Waals surface area contributed by atoms with Crippen LogP contribution < -0.4 is 5.32 Å². The smallest absolute Gasteiger partial charge is 0.211 e. The molecule has 1 aliphatic heterocycles. The number of benzene rings is 1. The number of fused-ring (bicyclic) bond motifs is 3. The molecule has 1 saturated heterocycles. The molecule has 0 atom stereocenters. The third kappa shape index (κ3) is 4.60. The second-order valence-electron chi connectivity index (χ2n) is 8.21. The van der Waals surface area contributed by atoms with Crippen molar-refractivity contribution in [1.29, 1.82) is 0 Å². The van der Waals surface area contributed by atoms with Crippen molar-refractivity contribution in [3.8, 4) is 0 Å². The first kappa shape index (κ1) is 21.2. The summed E-state index contributed by atoms with van der Waals surface area (Å²) in [4.78, 5) is 13.6. The first-order chi connectivity index (χ1) is 15.0. The molecule has 1 aromatic carbocycles. The molecule has 0 unspecified atom stereocenters. The normalized spacial score (nSPS) is 17.8. The van der Waals surface area contributed by atoms with Crippen LogP contribution in [0.1, 0.15) is 35.5 Å². The number of anilines is 1. The highest BCUT2D eigenvalue weighted by Crippen LogP contribution is 2.40. The minimum absolute atomic E-state index is 0.225. The maximum Gasteiger partial charge on any atom is 0.211 e. The standard InChI is InChI=1S/C22H26N4O2S3/c1-31(27,28)26-12-10-15(11-13-26)23-21-20-17-8-5-9-18(17)30-22(20)25-19(24-21)14-29-16-6-3-2-4-7-16/h2-4,6-7,15H,5,8-14H2,1H3,(H,23,24,25). The minimum atomic E-state index is -3.12. The number of hydrogen-bond donors (Lipinski definition) is 1. The highest BCUT2D eigenvalue weighted by atomic mass is 32.2. The van der Waals surface area contributed by atoms with Crippen molar-refractivity contribution in [2.75, 3.05) is 24.7 Å². The maximum atomic E-state index is 11.8. The van der Waals surface area contributed by atoms with Crippen LogP contribution in [0.4, 0.5) is 5.82 Å². The molecule has 3 aromatic rings. The van der Waals surface area contributed by atoms with E-state index >= 15 is 0 Å². The van der Waals surface area contributed by atoms with Crippen LogP contribution in [0.25, 0.3) is 10.2 Å². The summed E-state index contributed by atoms with van der Waals surface area (Å²) in [5, 5.41) is 4.87. The van der Waals surface area contributed by atoms with Crippen LogP contribution in [0.3, 0.4) is 0 Å². The summed E-state index contributed by atoms with van der Waals surface area (Å²) in [5.41, 5.74) is 1.42. The van der Waals surface area contributed by atoms with Crippen molar-refractivity contribution in [2.24, 2.45) is 0 Å². The molecule has 3 heterocycles. The average molecular weight is 475 g/mol. The zero-order valence-corrected chi connectivity index (χ0v) is 20.0. The zero-order valence-electron chi connectivity index (χ0n) is 17.5. The zero-order chi connectivity index (χ0) is 21.4. The number of aromatic nitrogens is 2. The fraction of sp³-hybridized carbons (Fsp3) is 0.455. The summed E-state index contributed by atoms with van der Waals surface area (Å²) >= 11 is 3.56. The van der Waals surface area contributed by atoms with E-state index in [1.165, 1.54) is 33.4 Å². The van der Waals surface area contributed by atoms with Gasteiger partial charge in [-0.3, -0.25) is 0 Å². The summed E-state index contributed by atoms with van der Waals surface area (Å²) in [7, 11) is -3.12. The Kier molecular flexibility index (Phi) is 5.94. The van der Waals surface area contributed by atoms with Gasteiger partial charge in [-0.05, 0) is 49.8 Å². The van der Waals surface area contributed by atoms with E-state index in [4.69, 9.17) is 9.97 Å². The maximum absolute atomic E-state index is 11.8. The van der Waals surface area contributed by atoms with Crippen molar-refractivity contribution in [2.45, 2.75) is 48.8 Å². The lowest BCUT2D eigenvalue weighted by atomic mass is 10.1. The van der Waals surface area contributed by atoms with E-state index in [2.05, 4.69) is 17.4 Å². The van der Waals surface area contributed by atoms with E-state index < -0.39 is 10.0 Å². The highest BCUT2D eigenvalue weighted by molar-refractivity contribution is 7.98. The molecule has 2 aromatic heterocycles. The number of hydrogen-bond acceptors (Lipinski definition) is 7. The van der Waals surface area contributed by atoms with Gasteiger partial charge in [0.05, 0.1) is 17.4 Å². The molecular weight excluding hydrogens is 448 g/mol. The molecule has 6 nitrogen and oxygen atoms in total. The molecule has 31 heavy (non-hydrogen) atoms. The first-order valence-corrected chi connectivity index (χ1v) is 14.3. The minimum Gasteiger partial charge on any atom is -0.367 e. The Bertz CT molecular complexity index is 1190. The van der Waals surface area contributed by atoms with Crippen LogP contribution >= 0.6 is 23.1 Å². The van der Waals surface area contributed by atoms with Crippen molar-refractivity contribution < 1.29 is 8.42 Å². The second-order valence-corrected chi connectivity index (χ2v) is 12.3. The van der Waals surface area contributed by atoms with Crippen molar-refractivity contribution in [1.82, 2.24) is 14.3 Å². The van der Waals surface area contributed by atoms with Gasteiger partial charge in [0, 0.05) is 28.9 Å². The molecule has 1 aliphatic carbocycles. The Morgan fingerprint density at radius 3 is 2.68 bits per heavy atom. The lowest BCUT2D eigenvalue weighted by Crippen LogP contribution is -2.42. The molecule has 1 fully saturated rings. The van der Waals surface area contributed by atoms with Crippen LogP contribution in [0, 0.1) is 0 Å². The van der Waals surface area contributed by atoms with Gasteiger partial charge in [-0.1, -0.05) is 18.2 Å². The number of nitrogens with one attached hydrogen (secondary N) is 1. The summed E-state index contributed by atoms with van der Waals surface area (Å²) < 4.78 is 25.2. The van der Waals surface area contributed by atoms with Gasteiger partial charge in [-0.15, -0.1) is 23.1 Å². The van der Waals surface area contributed by atoms with Gasteiger partial charge < -0.3 is 5.32 Å². The van der Waals surface area contributed by atoms with Crippen LogP contribution in [-0.4, -0.2) is 48.1 Å². The monoisotopic (exact) mass is 474 g/mol. The molecule has 9 heteroatoms. The Hall–Kier alpha value is -1.68. The fourth-order valence-corrected chi connectivity index (χ4v) is 7.33. The van der Waals surface area contributed by atoms with E-state index in [-0.39, 0.29) is 6.04 Å². The van der Waals surface area contributed by atoms with Gasteiger partial charge >= 0.3 is 0 Å². The van der Waals surface area contributed by atoms with E-state index in [1.807, 2.05) is 29.5 Å². The third-order valence-corrected chi connectivity index (χ3v) is 9.48. The lowest BCUT2D eigenvalue weighted by Gasteiger charge is -2.31. The fourth-order valence-electron chi connectivity index (χ4n) is 4.40. The summed E-state index contributed by atoms with van der Waals surface area (Å²) in [6, 6.07) is 10.6. The van der Waals surface area contributed by atoms with Crippen LogP contribution in [0.15, 0.2) is 35.2 Å². The molecular formula is C22H26N4O2S3. The van der Waals surface area contributed by atoms with E-state index in [0.29, 0.717) is 13.1 Å². The van der Waals surface area contributed by atoms with Gasteiger partial charge in [0.2, 0.25) is 10.0 Å². The van der Waals surface area contributed by atoms with Crippen molar-refractivity contribution in [3.63, 3.8) is 0 Å². The third-order valence-electron chi connectivity index (χ3n) is 5.99. The van der Waals surface area contributed by atoms with Gasteiger partial charge in [0.1, 0.15) is 16.5 Å². The Balaban J connectivity index is 1.40. The molecule has 0 spiro atoms. The molecule has 0 bridgehead atoms. The predicted octanol–water partition coefficient (Wildman–Crippen LogP) is 4.31. The predicted molar refractivity (Wildman–Crippen MR) is 129 cm³/mol. The number of rotatable bonds is 6. The van der Waals surface area contributed by atoms with Gasteiger partial charge in [0.15, 0.2) is 0 Å². The molecule has 0 radical (unpaired) electrons. The number of sulfonamides is 1. The second kappa shape index (κ2) is 8.69. The highest BCUT2D eigenvalue weighted by Gasteiger charge is 2.27. The van der Waals surface area contributed by atoms with E-state index in [9.17, 15) is 8.42 Å². The quantitative estimate of drug-likeness (QED) is 0.537. The molecule has 0 saturated carbocycles. The van der Waals surface area contributed by atoms with E-state index in [0.717, 1.165) is 47.9 Å². The van der Waals surface area contributed by atoms with Gasteiger partial charge in [-0.2, -0.15) is 0 Å². The molecule has 2 aliphatic rings. The summed E-state index contributed by atoms with van der Waals surface area (Å²) in [5.74, 6) is 2.51. The van der Waals surface area contributed by atoms with Crippen molar-refractivity contribution in [3.05, 3.63) is 46.6 Å². The average Bonchev–Trinajstić information content (AvgIpc) is 3.34. The Morgan fingerprint density at radius 1 is 1.16 bits per heavy atom. The number of thiophene rings is 1. The van der Waals surface area contributed by atoms with Gasteiger partial charge in [-0.25, -0.2) is 22.7 Å². The topological polar surface area (TPSA) is 75.2 Å². The van der Waals surface area contributed by atoms with Crippen LogP contribution in [0.2, 0.25) is 0 Å². The largest absolute Gasteiger partial charge is 0.367 e. The SMILES string of the molecule is CS(=O)(=O)N1CCC(Nc2nc(CSc3ccccc3)nc3sc4c(c23)CCC4)CC1. The van der Waals surface area contributed by atoms with Crippen molar-refractivity contribution >= 4 is 49.2 Å². The summed E-state index contributed by atoms with van der Waals surface area (Å²) in [6.07, 6.45) is 6.31. The molecule has 164 valence electrons. The lowest BCUT2D eigenvalue weighted by molar-refractivity contribution is 0.331. The first-order valence-electron chi connectivity index (χ1n) is 10.7. The van der Waals surface area contributed by atoms with Crippen LogP contribution in [-0.2, 0) is 28.6 Å². The molecule has 1 N–H and O–H groups in total. The van der Waals surface area contributed by atoms with Crippen LogP contribution in [0.5, 0.6) is 0 Å². The van der Waals surface area contributed by atoms with Gasteiger partial charge in [0.25, 0.3) is 0 Å². The Morgan fingerprint density at radius 2 is 1.94 bits per heavy atom. The number of nitrogens with zero attached hydrogens (tertiary/aromatic N) is 3. The number of aryl methyl sites for hydroxylation is 2. The number of piperidine rings is 1. The Labute approximate surface area is 191 Å². The molecule has 0 amide bonds. The van der Waals surface area contributed by atoms with E-state index in [1.54, 1.807) is 16.1 Å². The summed E-state index contributed by atoms with van der Waals surface area (Å²) in [6.45, 7) is 1.12. The number of thioether (sulfide) groups is 1. The molecule has 5 rings (SSSR count).